The first-order valence-electron chi connectivity index (χ1n) is 3.25. The highest BCUT2D eigenvalue weighted by Crippen LogP contribution is 2.53. The van der Waals surface area contributed by atoms with Gasteiger partial charge in [0.2, 0.25) is 7.37 Å². The summed E-state index contributed by atoms with van der Waals surface area (Å²) in [6.45, 7) is 5.35. The van der Waals surface area contributed by atoms with Crippen molar-refractivity contribution in [2.75, 3.05) is 0 Å². The van der Waals surface area contributed by atoms with Crippen LogP contribution < -0.4 is 0 Å². The quantitative estimate of drug-likeness (QED) is 0.548. The van der Waals surface area contributed by atoms with Crippen LogP contribution in [0.25, 0.3) is 0 Å². The van der Waals surface area contributed by atoms with E-state index in [9.17, 15) is 4.57 Å². The van der Waals surface area contributed by atoms with Crippen molar-refractivity contribution in [2.24, 2.45) is 0 Å². The fraction of sp³-hybridized carbons (Fsp3) is 0.429. The van der Waals surface area contributed by atoms with Crippen LogP contribution in [0.3, 0.4) is 0 Å². The van der Waals surface area contributed by atoms with Crippen molar-refractivity contribution in [3.8, 4) is 0 Å². The second-order valence-electron chi connectivity index (χ2n) is 2.36. The van der Waals surface area contributed by atoms with Gasteiger partial charge in [0.1, 0.15) is 0 Å². The molecule has 0 N–H and O–H groups in total. The molecule has 0 aromatic heterocycles. The van der Waals surface area contributed by atoms with Crippen LogP contribution in [-0.4, -0.2) is 6.10 Å². The monoisotopic (exact) mass is 158 g/mol. The number of hydrogen-bond donors (Lipinski definition) is 0. The topological polar surface area (TPSA) is 26.3 Å². The molecule has 56 valence electrons. The number of hydrogen-bond acceptors (Lipinski definition) is 2. The van der Waals surface area contributed by atoms with Crippen LogP contribution in [0.15, 0.2) is 24.3 Å². The third kappa shape index (κ3) is 1.59. The minimum Gasteiger partial charge on any atom is -0.320 e. The Balaban J connectivity index is 2.81. The highest BCUT2D eigenvalue weighted by molar-refractivity contribution is 7.65. The summed E-state index contributed by atoms with van der Waals surface area (Å²) in [5.74, 6) is 3.00. The molecule has 1 aliphatic heterocycles. The van der Waals surface area contributed by atoms with Crippen molar-refractivity contribution in [1.82, 2.24) is 0 Å². The van der Waals surface area contributed by atoms with E-state index in [2.05, 4.69) is 6.58 Å². The van der Waals surface area contributed by atoms with E-state index in [0.29, 0.717) is 0 Å². The van der Waals surface area contributed by atoms with Crippen LogP contribution in [0.1, 0.15) is 13.3 Å². The van der Waals surface area contributed by atoms with Crippen LogP contribution in [0, 0.1) is 0 Å². The molecule has 0 radical (unpaired) electrons. The molecule has 1 aliphatic rings. The molecule has 0 saturated carbocycles. The van der Waals surface area contributed by atoms with Gasteiger partial charge in [0.25, 0.3) is 0 Å². The standard InChI is InChI=1S/C7H11O2P/c1-3-10(8)6-4-5-7(2)9-10/h3-4,6-7H,1,5H2,2H3/t7-,10+/m0/s1. The molecule has 1 heterocycles. The lowest BCUT2D eigenvalue weighted by molar-refractivity contribution is 0.230. The van der Waals surface area contributed by atoms with Gasteiger partial charge in [-0.15, -0.1) is 0 Å². The first-order valence-corrected chi connectivity index (χ1v) is 5.02. The van der Waals surface area contributed by atoms with E-state index in [0.717, 1.165) is 6.42 Å². The molecule has 0 fully saturated rings. The molecule has 0 amide bonds. The van der Waals surface area contributed by atoms with Crippen molar-refractivity contribution in [2.45, 2.75) is 19.4 Å². The zero-order valence-corrected chi connectivity index (χ0v) is 6.88. The molecule has 0 unspecified atom stereocenters. The predicted octanol–water partition coefficient (Wildman–Crippen LogP) is 2.73. The van der Waals surface area contributed by atoms with Crippen molar-refractivity contribution in [3.63, 3.8) is 0 Å². The Morgan fingerprint density at radius 2 is 2.60 bits per heavy atom. The first kappa shape index (κ1) is 7.77. The molecule has 0 aromatic carbocycles. The van der Waals surface area contributed by atoms with E-state index in [1.807, 2.05) is 13.0 Å². The number of rotatable bonds is 1. The third-order valence-electron chi connectivity index (χ3n) is 1.38. The lowest BCUT2D eigenvalue weighted by atomic mass is 10.3. The van der Waals surface area contributed by atoms with Gasteiger partial charge in [0, 0.05) is 5.82 Å². The van der Waals surface area contributed by atoms with Crippen molar-refractivity contribution < 1.29 is 9.09 Å². The lowest BCUT2D eigenvalue weighted by Crippen LogP contribution is -2.06. The van der Waals surface area contributed by atoms with Gasteiger partial charge >= 0.3 is 0 Å². The van der Waals surface area contributed by atoms with Gasteiger partial charge in [-0.05, 0) is 19.2 Å². The Morgan fingerprint density at radius 3 is 3.00 bits per heavy atom. The SMILES string of the molecule is C=C[P@]1(=O)C=CC[C@H](C)O1. The van der Waals surface area contributed by atoms with Gasteiger partial charge < -0.3 is 4.52 Å². The summed E-state index contributed by atoms with van der Waals surface area (Å²) in [5.41, 5.74) is 0. The summed E-state index contributed by atoms with van der Waals surface area (Å²) in [7, 11) is -2.57. The van der Waals surface area contributed by atoms with Crippen LogP contribution in [0.2, 0.25) is 0 Å². The second kappa shape index (κ2) is 2.73. The molecule has 3 heteroatoms. The van der Waals surface area contributed by atoms with Gasteiger partial charge in [-0.3, -0.25) is 4.57 Å². The minimum atomic E-state index is -2.57. The van der Waals surface area contributed by atoms with Gasteiger partial charge in [-0.2, -0.15) is 0 Å². The largest absolute Gasteiger partial charge is 0.320 e. The van der Waals surface area contributed by atoms with Crippen LogP contribution >= 0.6 is 7.37 Å². The fourth-order valence-electron chi connectivity index (χ4n) is 0.863. The van der Waals surface area contributed by atoms with E-state index >= 15 is 0 Å². The Labute approximate surface area is 61.0 Å². The van der Waals surface area contributed by atoms with Gasteiger partial charge in [0.05, 0.1) is 6.10 Å². The zero-order chi connectivity index (χ0) is 7.61. The highest BCUT2D eigenvalue weighted by atomic mass is 31.2. The second-order valence-corrected chi connectivity index (χ2v) is 4.53. The lowest BCUT2D eigenvalue weighted by Gasteiger charge is -2.19. The van der Waals surface area contributed by atoms with E-state index in [1.54, 1.807) is 5.82 Å². The maximum atomic E-state index is 11.4. The molecule has 10 heavy (non-hydrogen) atoms. The van der Waals surface area contributed by atoms with Crippen molar-refractivity contribution in [1.29, 1.82) is 0 Å². The fourth-order valence-corrected chi connectivity index (χ4v) is 2.20. The predicted molar refractivity (Wildman–Crippen MR) is 42.1 cm³/mol. The zero-order valence-electron chi connectivity index (χ0n) is 5.99. The van der Waals surface area contributed by atoms with Gasteiger partial charge in [-0.1, -0.05) is 12.7 Å². The normalized spacial score (nSPS) is 39.5. The summed E-state index contributed by atoms with van der Waals surface area (Å²) in [5, 5.41) is 0. The molecule has 0 bridgehead atoms. The molecular formula is C7H11O2P. The van der Waals surface area contributed by atoms with Crippen LogP contribution in [0.4, 0.5) is 0 Å². The smallest absolute Gasteiger partial charge is 0.246 e. The maximum Gasteiger partial charge on any atom is 0.246 e. The van der Waals surface area contributed by atoms with E-state index in [-0.39, 0.29) is 6.10 Å². The van der Waals surface area contributed by atoms with Crippen molar-refractivity contribution >= 4 is 7.37 Å². The van der Waals surface area contributed by atoms with E-state index < -0.39 is 7.37 Å². The van der Waals surface area contributed by atoms with E-state index in [1.165, 1.54) is 5.82 Å². The Kier molecular flexibility index (Phi) is 2.12. The molecule has 0 spiro atoms. The summed E-state index contributed by atoms with van der Waals surface area (Å²) in [4.78, 5) is 0. The van der Waals surface area contributed by atoms with Gasteiger partial charge in [0.15, 0.2) is 0 Å². The Hall–Kier alpha value is -0.330. The van der Waals surface area contributed by atoms with Crippen LogP contribution in [0.5, 0.6) is 0 Å². The summed E-state index contributed by atoms with van der Waals surface area (Å²) in [6, 6.07) is 0. The van der Waals surface area contributed by atoms with E-state index in [4.69, 9.17) is 4.52 Å². The van der Waals surface area contributed by atoms with Crippen LogP contribution in [-0.2, 0) is 9.09 Å². The Morgan fingerprint density at radius 1 is 1.90 bits per heavy atom. The first-order chi connectivity index (χ1) is 4.66. The third-order valence-corrected chi connectivity index (χ3v) is 3.21. The summed E-state index contributed by atoms with van der Waals surface area (Å²) in [6.07, 6.45) is 2.79. The molecule has 0 saturated heterocycles. The molecular weight excluding hydrogens is 147 g/mol. The summed E-state index contributed by atoms with van der Waals surface area (Å²) < 4.78 is 16.6. The molecule has 0 aromatic rings. The summed E-state index contributed by atoms with van der Waals surface area (Å²) >= 11 is 0. The maximum absolute atomic E-state index is 11.4. The van der Waals surface area contributed by atoms with Gasteiger partial charge in [-0.25, -0.2) is 0 Å². The molecule has 1 rings (SSSR count). The Bertz CT molecular complexity index is 208. The highest BCUT2D eigenvalue weighted by Gasteiger charge is 2.21. The average Bonchev–Trinajstić information content (AvgIpc) is 1.88. The molecule has 2 atom stereocenters. The molecule has 2 nitrogen and oxygen atoms in total. The minimum absolute atomic E-state index is 0.0637. The average molecular weight is 158 g/mol. The molecule has 0 aliphatic carbocycles. The van der Waals surface area contributed by atoms with Crippen molar-refractivity contribution in [3.05, 3.63) is 24.3 Å².